The van der Waals surface area contributed by atoms with E-state index in [9.17, 15) is 22.4 Å². The van der Waals surface area contributed by atoms with Crippen molar-refractivity contribution in [1.82, 2.24) is 4.98 Å². The Morgan fingerprint density at radius 2 is 1.91 bits per heavy atom. The predicted molar refractivity (Wildman–Crippen MR) is 73.3 cm³/mol. The van der Waals surface area contributed by atoms with Crippen molar-refractivity contribution in [3.05, 3.63) is 58.1 Å². The molecule has 0 aliphatic carbocycles. The van der Waals surface area contributed by atoms with Crippen LogP contribution in [0.4, 0.5) is 23.2 Å². The third-order valence-corrected chi connectivity index (χ3v) is 3.04. The summed E-state index contributed by atoms with van der Waals surface area (Å²) in [4.78, 5) is 15.3. The van der Waals surface area contributed by atoms with Gasteiger partial charge in [-0.1, -0.05) is 11.6 Å². The molecule has 2 aromatic rings. The van der Waals surface area contributed by atoms with Crippen molar-refractivity contribution in [2.45, 2.75) is 13.1 Å². The Kier molecular flexibility index (Phi) is 4.37. The Balaban J connectivity index is 2.26. The molecule has 116 valence electrons. The zero-order valence-corrected chi connectivity index (χ0v) is 11.9. The van der Waals surface area contributed by atoms with Gasteiger partial charge in [0.25, 0.3) is 5.91 Å². The summed E-state index contributed by atoms with van der Waals surface area (Å²) in [6.07, 6.45) is -4.60. The molecule has 1 aromatic carbocycles. The van der Waals surface area contributed by atoms with Gasteiger partial charge in [0.1, 0.15) is 11.5 Å². The smallest absolute Gasteiger partial charge is 0.319 e. The van der Waals surface area contributed by atoms with Crippen molar-refractivity contribution in [2.24, 2.45) is 0 Å². The second-order valence-corrected chi connectivity index (χ2v) is 4.84. The van der Waals surface area contributed by atoms with Gasteiger partial charge in [-0.15, -0.1) is 0 Å². The number of nitrogens with zero attached hydrogens (tertiary/aromatic N) is 1. The summed E-state index contributed by atoms with van der Waals surface area (Å²) < 4.78 is 51.1. The second kappa shape index (κ2) is 5.92. The van der Waals surface area contributed by atoms with Crippen LogP contribution in [-0.4, -0.2) is 10.9 Å². The minimum atomic E-state index is -4.60. The van der Waals surface area contributed by atoms with E-state index in [4.69, 9.17) is 11.6 Å². The van der Waals surface area contributed by atoms with E-state index in [1.165, 1.54) is 19.1 Å². The first-order valence-corrected chi connectivity index (χ1v) is 6.37. The number of pyridine rings is 1. The highest BCUT2D eigenvalue weighted by Crippen LogP contribution is 2.28. The van der Waals surface area contributed by atoms with Crippen LogP contribution >= 0.6 is 11.6 Å². The van der Waals surface area contributed by atoms with Crippen molar-refractivity contribution in [1.29, 1.82) is 0 Å². The Morgan fingerprint density at radius 1 is 1.23 bits per heavy atom. The summed E-state index contributed by atoms with van der Waals surface area (Å²) in [5.41, 5.74) is -1.42. The largest absolute Gasteiger partial charge is 0.433 e. The highest BCUT2D eigenvalue weighted by atomic mass is 35.5. The number of aromatic nitrogens is 1. The lowest BCUT2D eigenvalue weighted by Crippen LogP contribution is -2.17. The highest BCUT2D eigenvalue weighted by Gasteiger charge is 2.33. The van der Waals surface area contributed by atoms with Crippen LogP contribution in [0.2, 0.25) is 5.02 Å². The minimum Gasteiger partial charge on any atom is -0.319 e. The third kappa shape index (κ3) is 3.54. The fourth-order valence-corrected chi connectivity index (χ4v) is 1.90. The molecule has 0 radical (unpaired) electrons. The van der Waals surface area contributed by atoms with Crippen molar-refractivity contribution in [2.75, 3.05) is 5.32 Å². The number of hydrogen-bond donors (Lipinski definition) is 1. The monoisotopic (exact) mass is 332 g/mol. The van der Waals surface area contributed by atoms with Crippen molar-refractivity contribution in [3.8, 4) is 0 Å². The summed E-state index contributed by atoms with van der Waals surface area (Å²) in [7, 11) is 0. The molecule has 1 amide bonds. The van der Waals surface area contributed by atoms with Crippen LogP contribution in [-0.2, 0) is 6.18 Å². The number of alkyl halides is 3. The molecule has 0 saturated heterocycles. The number of anilines is 1. The normalized spacial score (nSPS) is 11.4. The lowest BCUT2D eigenvalue weighted by Gasteiger charge is -2.11. The molecule has 1 N–H and O–H groups in total. The molecule has 8 heteroatoms. The molecule has 3 nitrogen and oxygen atoms in total. The molecule has 0 unspecified atom stereocenters. The maximum atomic E-state index is 13.6. The number of hydrogen-bond acceptors (Lipinski definition) is 2. The second-order valence-electron chi connectivity index (χ2n) is 4.41. The SMILES string of the molecule is Cc1nc(C(F)(F)F)ccc1C(=O)Nc1ccc(Cl)cc1F. The molecule has 1 aromatic heterocycles. The van der Waals surface area contributed by atoms with Crippen LogP contribution in [0.15, 0.2) is 30.3 Å². The Bertz CT molecular complexity index is 731. The van der Waals surface area contributed by atoms with Gasteiger partial charge in [-0.3, -0.25) is 4.79 Å². The molecule has 0 atom stereocenters. The highest BCUT2D eigenvalue weighted by molar-refractivity contribution is 6.30. The van der Waals surface area contributed by atoms with Gasteiger partial charge in [0.15, 0.2) is 0 Å². The van der Waals surface area contributed by atoms with E-state index in [0.29, 0.717) is 6.07 Å². The van der Waals surface area contributed by atoms with E-state index in [2.05, 4.69) is 10.3 Å². The first-order valence-electron chi connectivity index (χ1n) is 5.99. The summed E-state index contributed by atoms with van der Waals surface area (Å²) in [5.74, 6) is -1.52. The van der Waals surface area contributed by atoms with E-state index >= 15 is 0 Å². The summed E-state index contributed by atoms with van der Waals surface area (Å²) in [6.45, 7) is 1.27. The van der Waals surface area contributed by atoms with Gasteiger partial charge in [0.2, 0.25) is 0 Å². The van der Waals surface area contributed by atoms with Crippen molar-refractivity contribution >= 4 is 23.2 Å². The van der Waals surface area contributed by atoms with Gasteiger partial charge >= 0.3 is 6.18 Å². The van der Waals surface area contributed by atoms with E-state index in [1.54, 1.807) is 0 Å². The Hall–Kier alpha value is -2.15. The molecular weight excluding hydrogens is 324 g/mol. The number of aryl methyl sites for hydroxylation is 1. The number of halogens is 5. The molecule has 0 spiro atoms. The zero-order valence-electron chi connectivity index (χ0n) is 11.1. The molecule has 22 heavy (non-hydrogen) atoms. The molecule has 1 heterocycles. The van der Waals surface area contributed by atoms with Crippen molar-refractivity contribution in [3.63, 3.8) is 0 Å². The number of benzene rings is 1. The molecule has 0 saturated carbocycles. The zero-order chi connectivity index (χ0) is 16.5. The topological polar surface area (TPSA) is 42.0 Å². The lowest BCUT2D eigenvalue weighted by molar-refractivity contribution is -0.141. The third-order valence-electron chi connectivity index (χ3n) is 2.80. The fraction of sp³-hybridized carbons (Fsp3) is 0.143. The average Bonchev–Trinajstić information content (AvgIpc) is 2.40. The van der Waals surface area contributed by atoms with Gasteiger partial charge in [-0.05, 0) is 37.3 Å². The Morgan fingerprint density at radius 3 is 2.45 bits per heavy atom. The lowest BCUT2D eigenvalue weighted by atomic mass is 10.1. The van der Waals surface area contributed by atoms with E-state index < -0.39 is 23.6 Å². The molecule has 0 aliphatic heterocycles. The van der Waals surface area contributed by atoms with Gasteiger partial charge in [0, 0.05) is 5.02 Å². The molecular formula is C14H9ClF4N2O. The number of carbonyl (C=O) groups is 1. The van der Waals surface area contributed by atoms with Gasteiger partial charge < -0.3 is 5.32 Å². The predicted octanol–water partition coefficient (Wildman–Crippen LogP) is 4.45. The van der Waals surface area contributed by atoms with E-state index in [-0.39, 0.29) is 22.0 Å². The molecule has 0 aliphatic rings. The quantitative estimate of drug-likeness (QED) is 0.825. The van der Waals surface area contributed by atoms with Crippen LogP contribution in [0, 0.1) is 12.7 Å². The first-order chi connectivity index (χ1) is 10.2. The number of amides is 1. The van der Waals surface area contributed by atoms with E-state index in [1.807, 2.05) is 0 Å². The van der Waals surface area contributed by atoms with Crippen LogP contribution in [0.1, 0.15) is 21.7 Å². The summed E-state index contributed by atoms with van der Waals surface area (Å²) in [5, 5.41) is 2.41. The average molecular weight is 333 g/mol. The van der Waals surface area contributed by atoms with Crippen LogP contribution < -0.4 is 5.32 Å². The maximum Gasteiger partial charge on any atom is 0.433 e. The molecule has 2 rings (SSSR count). The van der Waals surface area contributed by atoms with Gasteiger partial charge in [-0.2, -0.15) is 13.2 Å². The summed E-state index contributed by atoms with van der Waals surface area (Å²) >= 11 is 5.59. The number of carbonyl (C=O) groups excluding carboxylic acids is 1. The molecule has 0 fully saturated rings. The number of nitrogens with one attached hydrogen (secondary N) is 1. The van der Waals surface area contributed by atoms with Crippen molar-refractivity contribution < 1.29 is 22.4 Å². The van der Waals surface area contributed by atoms with E-state index in [0.717, 1.165) is 12.1 Å². The summed E-state index contributed by atoms with van der Waals surface area (Å²) in [6, 6.07) is 5.32. The van der Waals surface area contributed by atoms with Crippen LogP contribution in [0.3, 0.4) is 0 Å². The standard InChI is InChI=1S/C14H9ClF4N2O/c1-7-9(3-5-12(20-7)14(17,18)19)13(22)21-11-4-2-8(15)6-10(11)16/h2-6H,1H3,(H,21,22). The van der Waals surface area contributed by atoms with Crippen LogP contribution in [0.25, 0.3) is 0 Å². The molecule has 0 bridgehead atoms. The van der Waals surface area contributed by atoms with Crippen LogP contribution in [0.5, 0.6) is 0 Å². The maximum absolute atomic E-state index is 13.6. The Labute approximate surface area is 127 Å². The number of rotatable bonds is 2. The fourth-order valence-electron chi connectivity index (χ4n) is 1.74. The van der Waals surface area contributed by atoms with Gasteiger partial charge in [-0.25, -0.2) is 9.37 Å². The van der Waals surface area contributed by atoms with Gasteiger partial charge in [0.05, 0.1) is 16.9 Å². The minimum absolute atomic E-state index is 0.0812. The first kappa shape index (κ1) is 16.2.